The molecule has 10 aromatic rings. The Morgan fingerprint density at radius 1 is 0.347 bits per heavy atom. The van der Waals surface area contributed by atoms with Crippen molar-refractivity contribution < 1.29 is 31.8 Å². The molecule has 1 aromatic heterocycles. The predicted molar refractivity (Wildman–Crippen MR) is 208 cm³/mol. The molecule has 228 valence electrons. The second kappa shape index (κ2) is 11.1. The van der Waals surface area contributed by atoms with Crippen LogP contribution in [0, 0.1) is 0 Å². The standard InChI is InChI=1S/C48H30O/c1-2-13-33(14-3-1)37-20-10-21-42-43-22-11-23-44(48(43)49-47(37)42)46-40-18-8-6-16-38(40)45(39-17-7-9-19-41(39)46)34-27-24-32(25-28-34)36-29-26-31-12-4-5-15-35(31)30-36/h1-30H/i1D,2D,3D,4D,5D,6D,7D,8D,9D,12D,13D,14D,15D,16D,17D,18D,19D,26D,29D,30D. The average molecular weight is 643 g/mol. The van der Waals surface area contributed by atoms with Crippen molar-refractivity contribution in [3.05, 3.63) is 182 Å². The number of furan rings is 1. The van der Waals surface area contributed by atoms with Crippen LogP contribution in [0.15, 0.2) is 186 Å². The average Bonchev–Trinajstić information content (AvgIpc) is 3.74. The number of rotatable bonds is 4. The van der Waals surface area contributed by atoms with Crippen molar-refractivity contribution in [3.8, 4) is 44.5 Å². The van der Waals surface area contributed by atoms with E-state index in [2.05, 4.69) is 0 Å². The Kier molecular flexibility index (Phi) is 3.25. The smallest absolute Gasteiger partial charge is 0.143 e. The molecule has 0 radical (unpaired) electrons. The van der Waals surface area contributed by atoms with E-state index in [0.29, 0.717) is 10.8 Å². The molecule has 1 heterocycles. The van der Waals surface area contributed by atoms with Crippen molar-refractivity contribution in [2.45, 2.75) is 0 Å². The summed E-state index contributed by atoms with van der Waals surface area (Å²) in [7, 11) is 0. The largest absolute Gasteiger partial charge is 0.455 e. The molecule has 1 nitrogen and oxygen atoms in total. The van der Waals surface area contributed by atoms with Crippen LogP contribution in [0.5, 0.6) is 0 Å². The molecule has 1 heteroatoms. The normalized spacial score (nSPS) is 17.4. The Balaban J connectivity index is 1.32. The lowest BCUT2D eigenvalue weighted by molar-refractivity contribution is 0.671. The maximum Gasteiger partial charge on any atom is 0.143 e. The molecule has 0 aliphatic heterocycles. The van der Waals surface area contributed by atoms with Crippen LogP contribution in [0.25, 0.3) is 98.8 Å². The van der Waals surface area contributed by atoms with Crippen LogP contribution in [0.2, 0.25) is 0 Å². The first-order valence-electron chi connectivity index (χ1n) is 25.2. The molecule has 0 saturated heterocycles. The van der Waals surface area contributed by atoms with Gasteiger partial charge in [0.2, 0.25) is 0 Å². The molecule has 0 N–H and O–H groups in total. The van der Waals surface area contributed by atoms with E-state index in [0.717, 1.165) is 0 Å². The van der Waals surface area contributed by atoms with Gasteiger partial charge in [-0.3, -0.25) is 0 Å². The lowest BCUT2D eigenvalue weighted by atomic mass is 9.85. The van der Waals surface area contributed by atoms with Gasteiger partial charge in [-0.25, -0.2) is 0 Å². The van der Waals surface area contributed by atoms with Crippen molar-refractivity contribution in [2.24, 2.45) is 0 Å². The van der Waals surface area contributed by atoms with Gasteiger partial charge in [-0.2, -0.15) is 0 Å². The molecule has 0 saturated carbocycles. The lowest BCUT2D eigenvalue weighted by Crippen LogP contribution is -1.91. The first-order chi connectivity index (χ1) is 32.6. The number of hydrogen-bond donors (Lipinski definition) is 0. The summed E-state index contributed by atoms with van der Waals surface area (Å²) in [6, 6.07) is 4.31. The lowest BCUT2D eigenvalue weighted by Gasteiger charge is -2.18. The van der Waals surface area contributed by atoms with Gasteiger partial charge in [-0.05, 0) is 66.2 Å². The molecule has 0 atom stereocenters. The van der Waals surface area contributed by atoms with Crippen molar-refractivity contribution in [1.82, 2.24) is 0 Å². The van der Waals surface area contributed by atoms with Crippen LogP contribution in [0.4, 0.5) is 0 Å². The minimum Gasteiger partial charge on any atom is -0.455 e. The van der Waals surface area contributed by atoms with Gasteiger partial charge in [0, 0.05) is 27.5 Å². The van der Waals surface area contributed by atoms with E-state index in [1.807, 2.05) is 0 Å². The van der Waals surface area contributed by atoms with E-state index in [1.54, 1.807) is 36.4 Å². The summed E-state index contributed by atoms with van der Waals surface area (Å²) in [4.78, 5) is 0. The number of para-hydroxylation sites is 2. The fourth-order valence-corrected chi connectivity index (χ4v) is 6.51. The molecule has 0 bridgehead atoms. The molecular weight excluding hydrogens is 593 g/mol. The van der Waals surface area contributed by atoms with Crippen molar-refractivity contribution >= 4 is 54.3 Å². The highest BCUT2D eigenvalue weighted by atomic mass is 16.3. The maximum absolute atomic E-state index is 9.46. The van der Waals surface area contributed by atoms with Crippen LogP contribution < -0.4 is 0 Å². The quantitative estimate of drug-likeness (QED) is 0.174. The summed E-state index contributed by atoms with van der Waals surface area (Å²) in [5, 5.41) is -0.209. The van der Waals surface area contributed by atoms with Crippen molar-refractivity contribution in [3.63, 3.8) is 0 Å². The van der Waals surface area contributed by atoms with Gasteiger partial charge in [0.05, 0.1) is 27.4 Å². The van der Waals surface area contributed by atoms with Crippen LogP contribution >= 0.6 is 0 Å². The van der Waals surface area contributed by atoms with Gasteiger partial charge in [-0.1, -0.05) is 175 Å². The highest BCUT2D eigenvalue weighted by Crippen LogP contribution is 2.47. The fourth-order valence-electron chi connectivity index (χ4n) is 6.51. The van der Waals surface area contributed by atoms with Crippen LogP contribution in [0.3, 0.4) is 0 Å². The molecule has 49 heavy (non-hydrogen) atoms. The summed E-state index contributed by atoms with van der Waals surface area (Å²) in [6.07, 6.45) is 0. The third-order valence-electron chi connectivity index (χ3n) is 8.65. The minimum absolute atomic E-state index is 0.0134. The second-order valence-corrected chi connectivity index (χ2v) is 11.3. The van der Waals surface area contributed by atoms with E-state index < -0.39 is 121 Å². The SMILES string of the molecule is [2H]c1c([2H])c([2H])c(-c2cccc3c2oc2c(-c4c5c([2H])c([2H])c([2H])c([2H])c5c(-c5ccc(-c6c([2H])c([2H])c7c([2H])c([2H])c([2H])c([2H])c7c6[2H])cc5)c5c([2H])c([2H])c([2H])c([2H])c45)cccc23)c([2H])c1[2H]. The zero-order chi connectivity index (χ0) is 49.7. The number of fused-ring (bicyclic) bond motifs is 6. The van der Waals surface area contributed by atoms with Crippen LogP contribution in [-0.2, 0) is 0 Å². The zero-order valence-corrected chi connectivity index (χ0v) is 25.2. The third kappa shape index (κ3) is 4.40. The van der Waals surface area contributed by atoms with Gasteiger partial charge in [-0.15, -0.1) is 0 Å². The Hall–Kier alpha value is -6.44. The van der Waals surface area contributed by atoms with E-state index in [-0.39, 0.29) is 88.0 Å². The molecule has 0 aliphatic carbocycles. The predicted octanol–water partition coefficient (Wildman–Crippen LogP) is 13.7. The zero-order valence-electron chi connectivity index (χ0n) is 45.2. The molecule has 0 unspecified atom stereocenters. The third-order valence-corrected chi connectivity index (χ3v) is 8.65. The molecular formula is C48H30O. The van der Waals surface area contributed by atoms with Gasteiger partial charge < -0.3 is 4.42 Å². The fraction of sp³-hybridized carbons (Fsp3) is 0. The molecule has 0 amide bonds. The monoisotopic (exact) mass is 642 g/mol. The first kappa shape index (κ1) is 14.4. The highest BCUT2D eigenvalue weighted by Gasteiger charge is 2.21. The Labute approximate surface area is 312 Å². The van der Waals surface area contributed by atoms with E-state index in [4.69, 9.17) is 26.3 Å². The summed E-state index contributed by atoms with van der Waals surface area (Å²) in [5.74, 6) is 0. The van der Waals surface area contributed by atoms with Crippen molar-refractivity contribution in [1.29, 1.82) is 0 Å². The second-order valence-electron chi connectivity index (χ2n) is 11.3. The van der Waals surface area contributed by atoms with Gasteiger partial charge >= 0.3 is 0 Å². The Morgan fingerprint density at radius 3 is 1.55 bits per heavy atom. The molecule has 9 aromatic carbocycles. The number of hydrogen-bond acceptors (Lipinski definition) is 1. The molecule has 0 spiro atoms. The minimum atomic E-state index is -0.651. The van der Waals surface area contributed by atoms with Crippen LogP contribution in [-0.4, -0.2) is 0 Å². The van der Waals surface area contributed by atoms with E-state index in [1.165, 1.54) is 24.3 Å². The van der Waals surface area contributed by atoms with E-state index >= 15 is 0 Å². The topological polar surface area (TPSA) is 13.1 Å². The highest BCUT2D eigenvalue weighted by molar-refractivity contribution is 6.24. The maximum atomic E-state index is 9.46. The number of benzene rings is 9. The summed E-state index contributed by atoms with van der Waals surface area (Å²) < 4.78 is 182. The van der Waals surface area contributed by atoms with Gasteiger partial charge in [0.15, 0.2) is 0 Å². The molecule has 0 aliphatic rings. The van der Waals surface area contributed by atoms with Gasteiger partial charge in [0.1, 0.15) is 11.2 Å². The van der Waals surface area contributed by atoms with Crippen molar-refractivity contribution in [2.75, 3.05) is 0 Å². The summed E-state index contributed by atoms with van der Waals surface area (Å²) in [5.41, 5.74) is 0.565. The molecule has 0 fully saturated rings. The first-order valence-corrected chi connectivity index (χ1v) is 15.2. The van der Waals surface area contributed by atoms with Gasteiger partial charge in [0.25, 0.3) is 0 Å². The van der Waals surface area contributed by atoms with Crippen LogP contribution in [0.1, 0.15) is 27.4 Å². The van der Waals surface area contributed by atoms with E-state index in [9.17, 15) is 5.48 Å². The summed E-state index contributed by atoms with van der Waals surface area (Å²) >= 11 is 0. The summed E-state index contributed by atoms with van der Waals surface area (Å²) in [6.45, 7) is 0. The Bertz CT molecular complexity index is 3900. The molecule has 10 rings (SSSR count). The Morgan fingerprint density at radius 2 is 0.878 bits per heavy atom.